The summed E-state index contributed by atoms with van der Waals surface area (Å²) < 4.78 is 30.2. The maximum absolute atomic E-state index is 11.7. The summed E-state index contributed by atoms with van der Waals surface area (Å²) >= 11 is 0. The third-order valence-electron chi connectivity index (χ3n) is 10.6. The topological polar surface area (TPSA) is 104 Å². The Bertz CT molecular complexity index is 879. The Hall–Kier alpha value is -1.03. The van der Waals surface area contributed by atoms with E-state index in [-0.39, 0.29) is 48.7 Å². The Labute approximate surface area is 279 Å². The molecule has 0 unspecified atom stereocenters. The number of esters is 1. The van der Waals surface area contributed by atoms with Crippen LogP contribution < -0.4 is 0 Å². The van der Waals surface area contributed by atoms with Crippen LogP contribution in [0.4, 0.5) is 0 Å². The summed E-state index contributed by atoms with van der Waals surface area (Å²) in [6.07, 6.45) is 26.1. The van der Waals surface area contributed by atoms with Gasteiger partial charge < -0.3 is 33.9 Å². The van der Waals surface area contributed by atoms with E-state index >= 15 is 0 Å². The van der Waals surface area contributed by atoms with E-state index < -0.39 is 6.10 Å². The average molecular weight is 651 g/mol. The van der Waals surface area contributed by atoms with Gasteiger partial charge in [-0.2, -0.15) is 0 Å². The number of aliphatic hydroxyl groups excluding tert-OH is 2. The van der Waals surface area contributed by atoms with E-state index in [9.17, 15) is 15.0 Å². The SMILES string of the molecule is CCCCCCCCCC[C@H](O)[C@@H]1CC[C@@H]([C@@H]2CC[C@H]([C@H]3CC[C@H](CCCCCCC[C@@H](O)CC4=C[C@H](C)OC4=O)O3)OCO2)O1. The Morgan fingerprint density at radius 1 is 0.717 bits per heavy atom. The van der Waals surface area contributed by atoms with Crippen LogP contribution in [-0.2, 0) is 28.5 Å². The molecule has 46 heavy (non-hydrogen) atoms. The fraction of sp³-hybridized carbons (Fsp3) is 0.921. The van der Waals surface area contributed by atoms with E-state index in [4.69, 9.17) is 23.7 Å². The first-order chi connectivity index (χ1) is 22.4. The first kappa shape index (κ1) is 37.8. The third kappa shape index (κ3) is 13.1. The van der Waals surface area contributed by atoms with Crippen molar-refractivity contribution < 1.29 is 38.7 Å². The number of carbonyl (C=O) groups is 1. The molecule has 0 saturated carbocycles. The first-order valence-corrected chi connectivity index (χ1v) is 19.2. The Balaban J connectivity index is 1.01. The highest BCUT2D eigenvalue weighted by Gasteiger charge is 2.39. The summed E-state index contributed by atoms with van der Waals surface area (Å²) in [5, 5.41) is 21.0. The molecular weight excluding hydrogens is 584 g/mol. The molecule has 266 valence electrons. The van der Waals surface area contributed by atoms with Gasteiger partial charge in [-0.3, -0.25) is 0 Å². The van der Waals surface area contributed by atoms with Gasteiger partial charge in [0, 0.05) is 12.0 Å². The third-order valence-corrected chi connectivity index (χ3v) is 10.6. The van der Waals surface area contributed by atoms with Gasteiger partial charge in [-0.05, 0) is 70.8 Å². The summed E-state index contributed by atoms with van der Waals surface area (Å²) in [7, 11) is 0. The van der Waals surface area contributed by atoms with Gasteiger partial charge in [0.2, 0.25) is 0 Å². The number of unbranched alkanes of at least 4 members (excludes halogenated alkanes) is 11. The van der Waals surface area contributed by atoms with Gasteiger partial charge in [-0.1, -0.05) is 90.4 Å². The van der Waals surface area contributed by atoms with Crippen LogP contribution in [0, 0.1) is 0 Å². The minimum Gasteiger partial charge on any atom is -0.455 e. The molecule has 0 aromatic carbocycles. The minimum absolute atomic E-state index is 0.0311. The second-order valence-corrected chi connectivity index (χ2v) is 14.6. The van der Waals surface area contributed by atoms with Crippen molar-refractivity contribution in [2.24, 2.45) is 0 Å². The van der Waals surface area contributed by atoms with Gasteiger partial charge in [0.15, 0.2) is 0 Å². The van der Waals surface area contributed by atoms with Crippen molar-refractivity contribution in [1.29, 1.82) is 0 Å². The zero-order valence-electron chi connectivity index (χ0n) is 29.1. The maximum Gasteiger partial charge on any atom is 0.334 e. The highest BCUT2D eigenvalue weighted by atomic mass is 16.7. The molecule has 0 bridgehead atoms. The Kier molecular flexibility index (Phi) is 17.4. The maximum atomic E-state index is 11.7. The van der Waals surface area contributed by atoms with Crippen molar-refractivity contribution in [3.63, 3.8) is 0 Å². The molecule has 0 spiro atoms. The second-order valence-electron chi connectivity index (χ2n) is 14.6. The zero-order chi connectivity index (χ0) is 32.6. The van der Waals surface area contributed by atoms with Crippen molar-refractivity contribution >= 4 is 5.97 Å². The highest BCUT2D eigenvalue weighted by Crippen LogP contribution is 2.34. The molecule has 3 fully saturated rings. The average Bonchev–Trinajstić information content (AvgIpc) is 3.75. The number of hydrogen-bond donors (Lipinski definition) is 2. The second kappa shape index (κ2) is 21.1. The molecule has 9 atom stereocenters. The van der Waals surface area contributed by atoms with Crippen LogP contribution >= 0.6 is 0 Å². The molecule has 8 heteroatoms. The summed E-state index contributed by atoms with van der Waals surface area (Å²) in [6.45, 7) is 4.39. The molecule has 0 aromatic heterocycles. The molecule has 4 heterocycles. The van der Waals surface area contributed by atoms with Crippen LogP contribution in [0.25, 0.3) is 0 Å². The summed E-state index contributed by atoms with van der Waals surface area (Å²) in [4.78, 5) is 11.7. The standard InChI is InChI=1S/C38H66O8/c1-3-4-5-6-7-8-12-15-18-32(40)33-21-24-37(46-33)35-23-22-34(42-27-43-35)36-20-19-31(45-36)17-14-11-9-10-13-16-30(39)26-29-25-28(2)44-38(29)41/h25,28,30-37,39-40H,3-24,26-27H2,1-2H3/t28-,30+,31-,32-,33-,34+,35-,36+,37-/m0/s1. The smallest absolute Gasteiger partial charge is 0.334 e. The monoisotopic (exact) mass is 650 g/mol. The lowest BCUT2D eigenvalue weighted by molar-refractivity contribution is -0.154. The van der Waals surface area contributed by atoms with Crippen molar-refractivity contribution in [2.45, 2.75) is 216 Å². The van der Waals surface area contributed by atoms with E-state index in [0.29, 0.717) is 24.9 Å². The lowest BCUT2D eigenvalue weighted by Gasteiger charge is -2.24. The predicted molar refractivity (Wildman–Crippen MR) is 179 cm³/mol. The molecule has 4 aliphatic heterocycles. The van der Waals surface area contributed by atoms with Gasteiger partial charge in [0.1, 0.15) is 12.9 Å². The van der Waals surface area contributed by atoms with Crippen LogP contribution in [0.1, 0.15) is 162 Å². The van der Waals surface area contributed by atoms with E-state index in [1.54, 1.807) is 0 Å². The van der Waals surface area contributed by atoms with Crippen molar-refractivity contribution in [3.05, 3.63) is 11.6 Å². The largest absolute Gasteiger partial charge is 0.455 e. The predicted octanol–water partition coefficient (Wildman–Crippen LogP) is 7.85. The van der Waals surface area contributed by atoms with Crippen molar-refractivity contribution in [2.75, 3.05) is 6.79 Å². The number of rotatable bonds is 22. The molecule has 4 rings (SSSR count). The van der Waals surface area contributed by atoms with Gasteiger partial charge >= 0.3 is 5.97 Å². The Morgan fingerprint density at radius 2 is 1.30 bits per heavy atom. The van der Waals surface area contributed by atoms with Gasteiger partial charge in [0.05, 0.1) is 48.8 Å². The summed E-state index contributed by atoms with van der Waals surface area (Å²) in [5.41, 5.74) is 0.619. The van der Waals surface area contributed by atoms with Crippen molar-refractivity contribution in [3.8, 4) is 0 Å². The highest BCUT2D eigenvalue weighted by molar-refractivity contribution is 5.90. The number of cyclic esters (lactones) is 1. The molecule has 8 nitrogen and oxygen atoms in total. The summed E-state index contributed by atoms with van der Waals surface area (Å²) in [5.74, 6) is -0.279. The molecule has 0 radical (unpaired) electrons. The number of hydrogen-bond acceptors (Lipinski definition) is 8. The fourth-order valence-electron chi connectivity index (χ4n) is 7.85. The van der Waals surface area contributed by atoms with Crippen LogP contribution in [0.3, 0.4) is 0 Å². The van der Waals surface area contributed by atoms with Crippen LogP contribution in [-0.4, -0.2) is 77.9 Å². The van der Waals surface area contributed by atoms with Gasteiger partial charge in [-0.15, -0.1) is 0 Å². The van der Waals surface area contributed by atoms with E-state index in [2.05, 4.69) is 6.92 Å². The molecule has 4 aliphatic rings. The Morgan fingerprint density at radius 3 is 1.98 bits per heavy atom. The molecule has 3 saturated heterocycles. The zero-order valence-corrected chi connectivity index (χ0v) is 29.1. The lowest BCUT2D eigenvalue weighted by Crippen LogP contribution is -2.32. The summed E-state index contributed by atoms with van der Waals surface area (Å²) in [6, 6.07) is 0. The minimum atomic E-state index is -0.468. The molecule has 0 aromatic rings. The van der Waals surface area contributed by atoms with Crippen LogP contribution in [0.5, 0.6) is 0 Å². The van der Waals surface area contributed by atoms with Crippen molar-refractivity contribution in [1.82, 2.24) is 0 Å². The molecule has 0 amide bonds. The van der Waals surface area contributed by atoms with E-state index in [1.165, 1.54) is 57.8 Å². The van der Waals surface area contributed by atoms with E-state index in [1.807, 2.05) is 13.0 Å². The van der Waals surface area contributed by atoms with Gasteiger partial charge in [-0.25, -0.2) is 4.79 Å². The fourth-order valence-corrected chi connectivity index (χ4v) is 7.85. The number of carbonyl (C=O) groups excluding carboxylic acids is 1. The molecule has 0 aliphatic carbocycles. The number of ether oxygens (including phenoxy) is 5. The van der Waals surface area contributed by atoms with Gasteiger partial charge in [0.25, 0.3) is 0 Å². The normalized spacial score (nSPS) is 31.5. The number of aliphatic hydroxyl groups is 2. The lowest BCUT2D eigenvalue weighted by atomic mass is 9.98. The van der Waals surface area contributed by atoms with Crippen LogP contribution in [0.2, 0.25) is 0 Å². The first-order valence-electron chi connectivity index (χ1n) is 19.2. The molecule has 2 N–H and O–H groups in total. The molecular formula is C38H66O8. The van der Waals surface area contributed by atoms with E-state index in [0.717, 1.165) is 83.5 Å². The quantitative estimate of drug-likeness (QED) is 0.0902. The van der Waals surface area contributed by atoms with Crippen LogP contribution in [0.15, 0.2) is 11.6 Å².